The molecule has 0 saturated carbocycles. The van der Waals surface area contributed by atoms with Gasteiger partial charge in [0.05, 0.1) is 0 Å². The molecule has 9 heteroatoms. The molecule has 2 aliphatic heterocycles. The largest absolute Gasteiger partial charge is 0.411 e. The predicted octanol–water partition coefficient (Wildman–Crippen LogP) is 3.80. The maximum Gasteiger partial charge on any atom is 0.411 e. The maximum absolute atomic E-state index is 12.5. The van der Waals surface area contributed by atoms with Crippen molar-refractivity contribution in [2.75, 3.05) is 69.2 Å². The van der Waals surface area contributed by atoms with Crippen LogP contribution >= 0.6 is 0 Å². The Labute approximate surface area is 175 Å². The number of amides is 2. The van der Waals surface area contributed by atoms with Gasteiger partial charge in [-0.2, -0.15) is 13.2 Å². The fourth-order valence-electron chi connectivity index (χ4n) is 3.86. The SMILES string of the molecule is O=C(Nc1ccc(N2CCCCC2)cc1)N1CCN(CCCOCC(F)(F)F)CC1. The maximum atomic E-state index is 12.5. The summed E-state index contributed by atoms with van der Waals surface area (Å²) >= 11 is 0. The van der Waals surface area contributed by atoms with E-state index in [1.807, 2.05) is 12.1 Å². The summed E-state index contributed by atoms with van der Waals surface area (Å²) in [6.45, 7) is 4.36. The highest BCUT2D eigenvalue weighted by molar-refractivity contribution is 5.89. The van der Waals surface area contributed by atoms with Crippen LogP contribution in [0.15, 0.2) is 24.3 Å². The third kappa shape index (κ3) is 7.36. The van der Waals surface area contributed by atoms with Gasteiger partial charge >= 0.3 is 12.2 Å². The van der Waals surface area contributed by atoms with Crippen LogP contribution < -0.4 is 10.2 Å². The standard InChI is InChI=1S/C21H31F3N4O2/c22-21(23,24)17-30-16-4-9-26-12-14-28(15-13-26)20(29)25-18-5-7-19(8-6-18)27-10-2-1-3-11-27/h5-8H,1-4,9-17H2,(H,25,29). The smallest absolute Gasteiger partial charge is 0.372 e. The second-order valence-corrected chi connectivity index (χ2v) is 7.87. The van der Waals surface area contributed by atoms with E-state index in [4.69, 9.17) is 0 Å². The summed E-state index contributed by atoms with van der Waals surface area (Å²) in [7, 11) is 0. The molecule has 1 aromatic carbocycles. The molecule has 0 bridgehead atoms. The molecule has 0 aliphatic carbocycles. The second-order valence-electron chi connectivity index (χ2n) is 7.87. The van der Waals surface area contributed by atoms with Gasteiger partial charge in [0.2, 0.25) is 0 Å². The lowest BCUT2D eigenvalue weighted by molar-refractivity contribution is -0.174. The van der Waals surface area contributed by atoms with Crippen LogP contribution in [0.1, 0.15) is 25.7 Å². The number of urea groups is 1. The quantitative estimate of drug-likeness (QED) is 0.672. The molecular formula is C21H31F3N4O2. The Morgan fingerprint density at radius 2 is 1.63 bits per heavy atom. The van der Waals surface area contributed by atoms with Crippen LogP contribution in [0.5, 0.6) is 0 Å². The normalized spacial score (nSPS) is 18.5. The lowest BCUT2D eigenvalue weighted by Gasteiger charge is -2.34. The Balaban J connectivity index is 1.34. The zero-order valence-electron chi connectivity index (χ0n) is 17.3. The van der Waals surface area contributed by atoms with Gasteiger partial charge in [-0.25, -0.2) is 4.79 Å². The van der Waals surface area contributed by atoms with Crippen molar-refractivity contribution in [2.24, 2.45) is 0 Å². The fraction of sp³-hybridized carbons (Fsp3) is 0.667. The minimum absolute atomic E-state index is 0.0909. The molecule has 3 rings (SSSR count). The highest BCUT2D eigenvalue weighted by Gasteiger charge is 2.27. The van der Waals surface area contributed by atoms with E-state index < -0.39 is 12.8 Å². The number of nitrogens with zero attached hydrogens (tertiary/aromatic N) is 3. The molecule has 0 unspecified atom stereocenters. The topological polar surface area (TPSA) is 48.1 Å². The number of rotatable bonds is 7. The number of hydrogen-bond acceptors (Lipinski definition) is 4. The van der Waals surface area contributed by atoms with Crippen LogP contribution in [-0.4, -0.2) is 81.0 Å². The van der Waals surface area contributed by atoms with Crippen LogP contribution in [0.25, 0.3) is 0 Å². The third-order valence-electron chi connectivity index (χ3n) is 5.53. The number of ether oxygens (including phenoxy) is 1. The zero-order valence-corrected chi connectivity index (χ0v) is 17.3. The average molecular weight is 428 g/mol. The van der Waals surface area contributed by atoms with Gasteiger partial charge in [0.25, 0.3) is 0 Å². The van der Waals surface area contributed by atoms with E-state index in [0.717, 1.165) is 18.8 Å². The van der Waals surface area contributed by atoms with Gasteiger partial charge in [0.15, 0.2) is 0 Å². The van der Waals surface area contributed by atoms with E-state index in [1.54, 1.807) is 4.90 Å². The summed E-state index contributed by atoms with van der Waals surface area (Å²) in [5.74, 6) is 0. The molecule has 1 aromatic rings. The fourth-order valence-corrected chi connectivity index (χ4v) is 3.86. The molecule has 2 aliphatic rings. The van der Waals surface area contributed by atoms with Gasteiger partial charge in [-0.15, -0.1) is 0 Å². The number of hydrogen-bond donors (Lipinski definition) is 1. The number of piperazine rings is 1. The molecule has 0 spiro atoms. The molecular weight excluding hydrogens is 397 g/mol. The molecule has 6 nitrogen and oxygen atoms in total. The van der Waals surface area contributed by atoms with Crippen LogP contribution in [0.3, 0.4) is 0 Å². The minimum Gasteiger partial charge on any atom is -0.372 e. The van der Waals surface area contributed by atoms with E-state index in [9.17, 15) is 18.0 Å². The van der Waals surface area contributed by atoms with Crippen molar-refractivity contribution in [3.63, 3.8) is 0 Å². The first kappa shape index (κ1) is 22.7. The van der Waals surface area contributed by atoms with Crippen LogP contribution in [0, 0.1) is 0 Å². The molecule has 2 fully saturated rings. The highest BCUT2D eigenvalue weighted by Crippen LogP contribution is 2.22. The lowest BCUT2D eigenvalue weighted by atomic mass is 10.1. The Morgan fingerprint density at radius 3 is 2.27 bits per heavy atom. The summed E-state index contributed by atoms with van der Waals surface area (Å²) < 4.78 is 40.7. The Hall–Kier alpha value is -2.00. The number of alkyl halides is 3. The van der Waals surface area contributed by atoms with Crippen molar-refractivity contribution in [3.05, 3.63) is 24.3 Å². The molecule has 168 valence electrons. The van der Waals surface area contributed by atoms with E-state index in [2.05, 4.69) is 32.0 Å². The number of nitrogens with one attached hydrogen (secondary N) is 1. The van der Waals surface area contributed by atoms with Gasteiger partial charge in [-0.3, -0.25) is 4.90 Å². The first-order valence-electron chi connectivity index (χ1n) is 10.7. The number of anilines is 2. The van der Waals surface area contributed by atoms with Gasteiger partial charge in [0.1, 0.15) is 6.61 Å². The number of benzene rings is 1. The van der Waals surface area contributed by atoms with Crippen molar-refractivity contribution in [3.8, 4) is 0 Å². The van der Waals surface area contributed by atoms with Crippen molar-refractivity contribution in [1.29, 1.82) is 0 Å². The number of carbonyl (C=O) groups excluding carboxylic acids is 1. The number of piperidine rings is 1. The Bertz CT molecular complexity index is 655. The number of carbonyl (C=O) groups is 1. The summed E-state index contributed by atoms with van der Waals surface area (Å²) in [6, 6.07) is 7.88. The summed E-state index contributed by atoms with van der Waals surface area (Å²) in [6.07, 6.45) is 0.0261. The zero-order chi connectivity index (χ0) is 21.4. The van der Waals surface area contributed by atoms with Gasteiger partial charge in [-0.1, -0.05) is 0 Å². The summed E-state index contributed by atoms with van der Waals surface area (Å²) in [5.41, 5.74) is 1.98. The van der Waals surface area contributed by atoms with Crippen LogP contribution in [-0.2, 0) is 4.74 Å². The molecule has 2 amide bonds. The van der Waals surface area contributed by atoms with Crippen molar-refractivity contribution in [1.82, 2.24) is 9.80 Å². The Morgan fingerprint density at radius 1 is 0.967 bits per heavy atom. The second kappa shape index (κ2) is 10.9. The third-order valence-corrected chi connectivity index (χ3v) is 5.53. The summed E-state index contributed by atoms with van der Waals surface area (Å²) in [4.78, 5) is 18.8. The molecule has 0 atom stereocenters. The lowest BCUT2D eigenvalue weighted by Crippen LogP contribution is -2.50. The van der Waals surface area contributed by atoms with Gasteiger partial charge < -0.3 is 19.9 Å². The first-order valence-corrected chi connectivity index (χ1v) is 10.7. The van der Waals surface area contributed by atoms with E-state index >= 15 is 0 Å². The van der Waals surface area contributed by atoms with E-state index in [0.29, 0.717) is 39.1 Å². The van der Waals surface area contributed by atoms with Crippen molar-refractivity contribution < 1.29 is 22.7 Å². The number of halogens is 3. The molecule has 2 heterocycles. The van der Waals surface area contributed by atoms with Crippen molar-refractivity contribution in [2.45, 2.75) is 31.9 Å². The van der Waals surface area contributed by atoms with Crippen LogP contribution in [0.2, 0.25) is 0 Å². The minimum atomic E-state index is -4.27. The molecule has 30 heavy (non-hydrogen) atoms. The van der Waals surface area contributed by atoms with Crippen LogP contribution in [0.4, 0.5) is 29.3 Å². The van der Waals surface area contributed by atoms with E-state index in [1.165, 1.54) is 24.9 Å². The van der Waals surface area contributed by atoms with Crippen molar-refractivity contribution >= 4 is 17.4 Å². The highest BCUT2D eigenvalue weighted by atomic mass is 19.4. The average Bonchev–Trinajstić information content (AvgIpc) is 2.74. The van der Waals surface area contributed by atoms with Gasteiger partial charge in [-0.05, 0) is 49.9 Å². The molecule has 2 saturated heterocycles. The molecule has 0 radical (unpaired) electrons. The predicted molar refractivity (Wildman–Crippen MR) is 111 cm³/mol. The molecule has 1 N–H and O–H groups in total. The first-order chi connectivity index (χ1) is 14.4. The molecule has 0 aromatic heterocycles. The summed E-state index contributed by atoms with van der Waals surface area (Å²) in [5, 5.41) is 2.95. The van der Waals surface area contributed by atoms with E-state index in [-0.39, 0.29) is 12.6 Å². The monoisotopic (exact) mass is 428 g/mol. The van der Waals surface area contributed by atoms with Gasteiger partial charge in [0, 0.05) is 63.8 Å². The Kier molecular flexibility index (Phi) is 8.21.